The molecule has 0 saturated heterocycles. The molecule has 18 heavy (non-hydrogen) atoms. The largest absolute Gasteiger partial charge is 0.496 e. The Morgan fingerprint density at radius 3 is 2.83 bits per heavy atom. The number of anilines is 1. The minimum Gasteiger partial charge on any atom is -0.496 e. The fraction of sp³-hybridized carbons (Fsp3) is 0.167. The number of methoxy groups -OCH3 is 1. The van der Waals surface area contributed by atoms with Gasteiger partial charge in [-0.2, -0.15) is 5.10 Å². The van der Waals surface area contributed by atoms with Crippen LogP contribution in [0.4, 0.5) is 5.82 Å². The highest BCUT2D eigenvalue weighted by molar-refractivity contribution is 9.10. The third-order valence-corrected chi connectivity index (χ3v) is 3.06. The maximum Gasteiger partial charge on any atom is 0.267 e. The van der Waals surface area contributed by atoms with Crippen molar-refractivity contribution in [2.45, 2.75) is 6.54 Å². The lowest BCUT2D eigenvalue weighted by Gasteiger charge is -2.08. The van der Waals surface area contributed by atoms with Gasteiger partial charge in [0.2, 0.25) is 0 Å². The second-order valence-electron chi connectivity index (χ2n) is 3.72. The molecule has 0 spiro atoms. The van der Waals surface area contributed by atoms with Crippen LogP contribution in [0.3, 0.4) is 0 Å². The summed E-state index contributed by atoms with van der Waals surface area (Å²) in [6.07, 6.45) is 0. The summed E-state index contributed by atoms with van der Waals surface area (Å²) < 4.78 is 7.30. The minimum absolute atomic E-state index is 0.184. The summed E-state index contributed by atoms with van der Waals surface area (Å²) in [5, 5.41) is 3.98. The first kappa shape index (κ1) is 12.6. The Morgan fingerprint density at radius 1 is 1.39 bits per heavy atom. The lowest BCUT2D eigenvalue weighted by molar-refractivity contribution is 0.412. The smallest absolute Gasteiger partial charge is 0.267 e. The zero-order chi connectivity index (χ0) is 13.1. The topological polar surface area (TPSA) is 70.1 Å². The predicted octanol–water partition coefficient (Wildman–Crippen LogP) is 1.64. The molecule has 0 radical (unpaired) electrons. The fourth-order valence-corrected chi connectivity index (χ4v) is 2.15. The zero-order valence-electron chi connectivity index (χ0n) is 9.76. The SMILES string of the molecule is COc1ccc(Cn2nc(N)ccc2=O)cc1Br. The monoisotopic (exact) mass is 309 g/mol. The summed E-state index contributed by atoms with van der Waals surface area (Å²) in [5.41, 5.74) is 6.31. The van der Waals surface area contributed by atoms with Crippen molar-refractivity contribution in [2.75, 3.05) is 12.8 Å². The van der Waals surface area contributed by atoms with Gasteiger partial charge in [-0.15, -0.1) is 0 Å². The van der Waals surface area contributed by atoms with Crippen molar-refractivity contribution in [3.63, 3.8) is 0 Å². The molecule has 0 bridgehead atoms. The Labute approximate surface area is 112 Å². The van der Waals surface area contributed by atoms with E-state index in [1.165, 1.54) is 16.8 Å². The summed E-state index contributed by atoms with van der Waals surface area (Å²) in [5.74, 6) is 1.06. The number of ether oxygens (including phenoxy) is 1. The van der Waals surface area contributed by atoms with Gasteiger partial charge < -0.3 is 10.5 Å². The lowest BCUT2D eigenvalue weighted by atomic mass is 10.2. The first-order chi connectivity index (χ1) is 8.60. The van der Waals surface area contributed by atoms with Crippen LogP contribution >= 0.6 is 15.9 Å². The molecule has 2 N–H and O–H groups in total. The van der Waals surface area contributed by atoms with Crippen LogP contribution < -0.4 is 16.0 Å². The van der Waals surface area contributed by atoms with Gasteiger partial charge in [0.15, 0.2) is 0 Å². The van der Waals surface area contributed by atoms with E-state index < -0.39 is 0 Å². The highest BCUT2D eigenvalue weighted by Gasteiger charge is 2.04. The van der Waals surface area contributed by atoms with Crippen molar-refractivity contribution in [1.82, 2.24) is 9.78 Å². The third kappa shape index (κ3) is 2.70. The van der Waals surface area contributed by atoms with E-state index in [9.17, 15) is 4.79 Å². The molecular formula is C12H12BrN3O2. The number of hydrogen-bond acceptors (Lipinski definition) is 4. The molecule has 6 heteroatoms. The normalized spacial score (nSPS) is 10.3. The maximum absolute atomic E-state index is 11.6. The second-order valence-corrected chi connectivity index (χ2v) is 4.58. The van der Waals surface area contributed by atoms with Crippen LogP contribution in [0, 0.1) is 0 Å². The molecule has 0 saturated carbocycles. The maximum atomic E-state index is 11.6. The summed E-state index contributed by atoms with van der Waals surface area (Å²) in [7, 11) is 1.60. The van der Waals surface area contributed by atoms with Crippen LogP contribution in [0.1, 0.15) is 5.56 Å². The van der Waals surface area contributed by atoms with Gasteiger partial charge in [-0.25, -0.2) is 4.68 Å². The summed E-state index contributed by atoms with van der Waals surface area (Å²) >= 11 is 3.40. The number of nitrogen functional groups attached to an aromatic ring is 1. The van der Waals surface area contributed by atoms with Gasteiger partial charge in [0.1, 0.15) is 11.6 Å². The number of benzene rings is 1. The highest BCUT2D eigenvalue weighted by atomic mass is 79.9. The van der Waals surface area contributed by atoms with E-state index in [0.717, 1.165) is 15.8 Å². The van der Waals surface area contributed by atoms with E-state index in [2.05, 4.69) is 21.0 Å². The fourth-order valence-electron chi connectivity index (χ4n) is 1.56. The number of nitrogens with two attached hydrogens (primary N) is 1. The number of rotatable bonds is 3. The molecule has 0 fully saturated rings. The van der Waals surface area contributed by atoms with Crippen LogP contribution in [0.25, 0.3) is 0 Å². The lowest BCUT2D eigenvalue weighted by Crippen LogP contribution is -2.23. The Morgan fingerprint density at radius 2 is 2.17 bits per heavy atom. The molecule has 2 aromatic rings. The van der Waals surface area contributed by atoms with Crippen LogP contribution in [0.15, 0.2) is 39.6 Å². The van der Waals surface area contributed by atoms with Crippen LogP contribution in [-0.2, 0) is 6.54 Å². The average Bonchev–Trinajstić information content (AvgIpc) is 2.34. The van der Waals surface area contributed by atoms with Gasteiger partial charge in [-0.3, -0.25) is 4.79 Å². The first-order valence-electron chi connectivity index (χ1n) is 5.26. The molecule has 94 valence electrons. The summed E-state index contributed by atoms with van der Waals surface area (Å²) in [6.45, 7) is 0.368. The van der Waals surface area contributed by atoms with Crippen molar-refractivity contribution in [3.8, 4) is 5.75 Å². The first-order valence-corrected chi connectivity index (χ1v) is 6.05. The van der Waals surface area contributed by atoms with Gasteiger partial charge >= 0.3 is 0 Å². The minimum atomic E-state index is -0.184. The van der Waals surface area contributed by atoms with Gasteiger partial charge in [-0.1, -0.05) is 6.07 Å². The Hall–Kier alpha value is -1.82. The summed E-state index contributed by atoms with van der Waals surface area (Å²) in [6, 6.07) is 8.48. The van der Waals surface area contributed by atoms with Gasteiger partial charge in [-0.05, 0) is 39.7 Å². The standard InChI is InChI=1S/C12H12BrN3O2/c1-18-10-3-2-8(6-9(10)13)7-16-12(17)5-4-11(14)15-16/h2-6H,7H2,1H3,(H2,14,15). The summed E-state index contributed by atoms with van der Waals surface area (Å²) in [4.78, 5) is 11.6. The molecule has 0 aliphatic carbocycles. The highest BCUT2D eigenvalue weighted by Crippen LogP contribution is 2.25. The van der Waals surface area contributed by atoms with E-state index in [4.69, 9.17) is 10.5 Å². The Kier molecular flexibility index (Phi) is 3.66. The molecule has 0 atom stereocenters. The molecule has 1 aromatic heterocycles. The van der Waals surface area contributed by atoms with Crippen molar-refractivity contribution >= 4 is 21.7 Å². The molecule has 1 heterocycles. The molecule has 0 aliphatic heterocycles. The molecule has 0 unspecified atom stereocenters. The molecular weight excluding hydrogens is 298 g/mol. The second kappa shape index (κ2) is 5.22. The van der Waals surface area contributed by atoms with Gasteiger partial charge in [0.25, 0.3) is 5.56 Å². The van der Waals surface area contributed by atoms with Crippen LogP contribution in [0.2, 0.25) is 0 Å². The zero-order valence-corrected chi connectivity index (χ0v) is 11.3. The average molecular weight is 310 g/mol. The Bertz CT molecular complexity index is 625. The van der Waals surface area contributed by atoms with Gasteiger partial charge in [0, 0.05) is 6.07 Å². The number of nitrogens with zero attached hydrogens (tertiary/aromatic N) is 2. The quantitative estimate of drug-likeness (QED) is 0.936. The van der Waals surface area contributed by atoms with E-state index in [-0.39, 0.29) is 5.56 Å². The molecule has 1 aromatic carbocycles. The molecule has 0 amide bonds. The van der Waals surface area contributed by atoms with Gasteiger partial charge in [0.05, 0.1) is 18.1 Å². The van der Waals surface area contributed by atoms with E-state index >= 15 is 0 Å². The number of hydrogen-bond donors (Lipinski definition) is 1. The number of aromatic nitrogens is 2. The van der Waals surface area contributed by atoms with Crippen molar-refractivity contribution in [3.05, 3.63) is 50.7 Å². The number of halogens is 1. The predicted molar refractivity (Wildman–Crippen MR) is 72.7 cm³/mol. The van der Waals surface area contributed by atoms with Crippen molar-refractivity contribution in [2.24, 2.45) is 0 Å². The van der Waals surface area contributed by atoms with E-state index in [0.29, 0.717) is 12.4 Å². The van der Waals surface area contributed by atoms with Crippen molar-refractivity contribution in [1.29, 1.82) is 0 Å². The molecule has 0 aliphatic rings. The Balaban J connectivity index is 2.31. The van der Waals surface area contributed by atoms with E-state index in [1.807, 2.05) is 18.2 Å². The molecule has 2 rings (SSSR count). The van der Waals surface area contributed by atoms with Crippen LogP contribution in [-0.4, -0.2) is 16.9 Å². The third-order valence-electron chi connectivity index (χ3n) is 2.44. The van der Waals surface area contributed by atoms with Crippen molar-refractivity contribution < 1.29 is 4.74 Å². The van der Waals surface area contributed by atoms with E-state index in [1.54, 1.807) is 7.11 Å². The molecule has 5 nitrogen and oxygen atoms in total. The van der Waals surface area contributed by atoms with Crippen LogP contribution in [0.5, 0.6) is 5.75 Å².